The topological polar surface area (TPSA) is 85.2 Å². The zero-order valence-corrected chi connectivity index (χ0v) is 18.2. The van der Waals surface area contributed by atoms with Crippen molar-refractivity contribution in [1.29, 1.82) is 0 Å². The zero-order chi connectivity index (χ0) is 21.8. The van der Waals surface area contributed by atoms with Gasteiger partial charge in [0.15, 0.2) is 5.82 Å². The SMILES string of the molecule is CC#CCc1nc(C(C)(C)C)nn1Cc1ccc(-c2ccccc2-c2nn[nH]n2)cc1. The standard InChI is InChI=1S/C24H25N7/c1-5-6-11-21-25-23(24(2,3)4)28-31(21)16-17-12-14-18(15-13-17)19-9-7-8-10-20(19)22-26-29-30-27-22/h7-10,12-15H,11,16H2,1-4H3,(H,26,27,29,30). The van der Waals surface area contributed by atoms with Crippen LogP contribution in [0.1, 0.15) is 44.9 Å². The summed E-state index contributed by atoms with van der Waals surface area (Å²) in [6, 6.07) is 16.5. The predicted octanol–water partition coefficient (Wildman–Crippen LogP) is 4.04. The summed E-state index contributed by atoms with van der Waals surface area (Å²) < 4.78 is 1.97. The summed E-state index contributed by atoms with van der Waals surface area (Å²) in [6.07, 6.45) is 0.593. The molecule has 2 heterocycles. The van der Waals surface area contributed by atoms with E-state index in [0.717, 1.165) is 33.9 Å². The molecule has 2 aromatic heterocycles. The maximum absolute atomic E-state index is 4.77. The minimum atomic E-state index is -0.109. The van der Waals surface area contributed by atoms with Crippen molar-refractivity contribution in [2.75, 3.05) is 0 Å². The van der Waals surface area contributed by atoms with E-state index in [4.69, 9.17) is 10.1 Å². The number of aromatic nitrogens is 7. The minimum absolute atomic E-state index is 0.109. The van der Waals surface area contributed by atoms with Gasteiger partial charge in [-0.25, -0.2) is 9.67 Å². The van der Waals surface area contributed by atoms with E-state index < -0.39 is 0 Å². The third-order valence-corrected chi connectivity index (χ3v) is 4.95. The zero-order valence-electron chi connectivity index (χ0n) is 18.2. The van der Waals surface area contributed by atoms with E-state index in [1.807, 2.05) is 29.8 Å². The van der Waals surface area contributed by atoms with E-state index in [2.05, 4.69) is 83.6 Å². The lowest BCUT2D eigenvalue weighted by molar-refractivity contribution is 0.532. The highest BCUT2D eigenvalue weighted by molar-refractivity contribution is 5.80. The Morgan fingerprint density at radius 2 is 1.74 bits per heavy atom. The lowest BCUT2D eigenvalue weighted by Crippen LogP contribution is -2.14. The van der Waals surface area contributed by atoms with E-state index in [0.29, 0.717) is 18.8 Å². The van der Waals surface area contributed by atoms with E-state index in [1.54, 1.807) is 0 Å². The van der Waals surface area contributed by atoms with Crippen molar-refractivity contribution in [1.82, 2.24) is 35.4 Å². The Bertz CT molecular complexity index is 1220. The smallest absolute Gasteiger partial charge is 0.205 e. The lowest BCUT2D eigenvalue weighted by Gasteiger charge is -2.12. The van der Waals surface area contributed by atoms with Crippen molar-refractivity contribution < 1.29 is 0 Å². The molecule has 0 aliphatic heterocycles. The molecule has 0 fully saturated rings. The highest BCUT2D eigenvalue weighted by Gasteiger charge is 2.21. The third-order valence-electron chi connectivity index (χ3n) is 4.95. The van der Waals surface area contributed by atoms with Crippen LogP contribution >= 0.6 is 0 Å². The Morgan fingerprint density at radius 3 is 2.39 bits per heavy atom. The van der Waals surface area contributed by atoms with Crippen LogP contribution in [0.3, 0.4) is 0 Å². The minimum Gasteiger partial charge on any atom is -0.244 e. The number of nitrogens with zero attached hydrogens (tertiary/aromatic N) is 6. The normalized spacial score (nSPS) is 11.2. The predicted molar refractivity (Wildman–Crippen MR) is 120 cm³/mol. The highest BCUT2D eigenvalue weighted by Crippen LogP contribution is 2.30. The molecule has 4 aromatic rings. The van der Waals surface area contributed by atoms with Crippen molar-refractivity contribution >= 4 is 0 Å². The van der Waals surface area contributed by atoms with E-state index >= 15 is 0 Å². The maximum atomic E-state index is 4.77. The van der Waals surface area contributed by atoms with Crippen molar-refractivity contribution in [2.24, 2.45) is 0 Å². The number of nitrogens with one attached hydrogen (secondary N) is 1. The Balaban J connectivity index is 1.62. The molecule has 31 heavy (non-hydrogen) atoms. The molecule has 7 heteroatoms. The molecule has 156 valence electrons. The highest BCUT2D eigenvalue weighted by atomic mass is 15.5. The van der Waals surface area contributed by atoms with Gasteiger partial charge in [0.2, 0.25) is 5.82 Å². The second kappa shape index (κ2) is 8.52. The van der Waals surface area contributed by atoms with Crippen LogP contribution < -0.4 is 0 Å². The molecule has 0 saturated carbocycles. The van der Waals surface area contributed by atoms with Gasteiger partial charge in [0.25, 0.3) is 0 Å². The number of hydrogen-bond donors (Lipinski definition) is 1. The number of hydrogen-bond acceptors (Lipinski definition) is 5. The second-order valence-corrected chi connectivity index (χ2v) is 8.34. The quantitative estimate of drug-likeness (QED) is 0.501. The summed E-state index contributed by atoms with van der Waals surface area (Å²) >= 11 is 0. The fourth-order valence-electron chi connectivity index (χ4n) is 3.29. The van der Waals surface area contributed by atoms with Crippen molar-refractivity contribution in [3.8, 4) is 34.4 Å². The molecule has 4 rings (SSSR count). The average Bonchev–Trinajstić information content (AvgIpc) is 3.43. The summed E-state index contributed by atoms with van der Waals surface area (Å²) in [5.41, 5.74) is 4.13. The van der Waals surface area contributed by atoms with Crippen LogP contribution in [-0.2, 0) is 18.4 Å². The van der Waals surface area contributed by atoms with Crippen LogP contribution in [-0.4, -0.2) is 35.4 Å². The van der Waals surface area contributed by atoms with Gasteiger partial charge in [-0.2, -0.15) is 10.3 Å². The van der Waals surface area contributed by atoms with Gasteiger partial charge >= 0.3 is 0 Å². The number of H-pyrrole nitrogens is 1. The van der Waals surface area contributed by atoms with Gasteiger partial charge in [-0.15, -0.1) is 16.1 Å². The molecule has 2 aromatic carbocycles. The van der Waals surface area contributed by atoms with Crippen LogP contribution in [0.4, 0.5) is 0 Å². The van der Waals surface area contributed by atoms with Gasteiger partial charge in [-0.3, -0.25) is 0 Å². The summed E-state index contributed by atoms with van der Waals surface area (Å²) in [4.78, 5) is 4.75. The number of aromatic amines is 1. The van der Waals surface area contributed by atoms with E-state index in [-0.39, 0.29) is 5.41 Å². The monoisotopic (exact) mass is 411 g/mol. The average molecular weight is 412 g/mol. The molecule has 0 saturated heterocycles. The molecule has 1 N–H and O–H groups in total. The van der Waals surface area contributed by atoms with Crippen LogP contribution in [0.5, 0.6) is 0 Å². The first-order valence-corrected chi connectivity index (χ1v) is 10.2. The van der Waals surface area contributed by atoms with Gasteiger partial charge in [-0.05, 0) is 28.8 Å². The molecule has 0 atom stereocenters. The maximum Gasteiger partial charge on any atom is 0.205 e. The van der Waals surface area contributed by atoms with Gasteiger partial charge in [-0.1, -0.05) is 75.2 Å². The summed E-state index contributed by atoms with van der Waals surface area (Å²) in [5.74, 6) is 8.38. The summed E-state index contributed by atoms with van der Waals surface area (Å²) in [5, 5.41) is 19.2. The van der Waals surface area contributed by atoms with Gasteiger partial charge in [0.05, 0.1) is 13.0 Å². The summed E-state index contributed by atoms with van der Waals surface area (Å²) in [6.45, 7) is 8.86. The Labute approximate surface area is 181 Å². The van der Waals surface area contributed by atoms with Gasteiger partial charge in [0, 0.05) is 11.0 Å². The molecular weight excluding hydrogens is 386 g/mol. The molecule has 0 aliphatic carbocycles. The van der Waals surface area contributed by atoms with E-state index in [1.165, 1.54) is 0 Å². The van der Waals surface area contributed by atoms with Crippen molar-refractivity contribution in [3.63, 3.8) is 0 Å². The first kappa shape index (κ1) is 20.5. The Kier molecular flexibility index (Phi) is 5.63. The Hall–Kier alpha value is -3.79. The van der Waals surface area contributed by atoms with Gasteiger partial charge < -0.3 is 0 Å². The van der Waals surface area contributed by atoms with Crippen molar-refractivity contribution in [3.05, 3.63) is 65.7 Å². The largest absolute Gasteiger partial charge is 0.244 e. The molecule has 0 amide bonds. The molecule has 0 aliphatic rings. The van der Waals surface area contributed by atoms with E-state index in [9.17, 15) is 0 Å². The molecule has 7 nitrogen and oxygen atoms in total. The lowest BCUT2D eigenvalue weighted by atomic mass is 9.96. The molecule has 0 spiro atoms. The van der Waals surface area contributed by atoms with Crippen molar-refractivity contribution in [2.45, 2.75) is 46.1 Å². The molecule has 0 radical (unpaired) electrons. The van der Waals surface area contributed by atoms with Crippen LogP contribution in [0.2, 0.25) is 0 Å². The first-order valence-electron chi connectivity index (χ1n) is 10.2. The van der Waals surface area contributed by atoms with Gasteiger partial charge in [0.1, 0.15) is 5.82 Å². The summed E-state index contributed by atoms with van der Waals surface area (Å²) in [7, 11) is 0. The fraction of sp³-hybridized carbons (Fsp3) is 0.292. The molecule has 0 unspecified atom stereocenters. The number of rotatable bonds is 5. The fourth-order valence-corrected chi connectivity index (χ4v) is 3.29. The van der Waals surface area contributed by atoms with Crippen LogP contribution in [0.15, 0.2) is 48.5 Å². The van der Waals surface area contributed by atoms with Crippen LogP contribution in [0, 0.1) is 11.8 Å². The Morgan fingerprint density at radius 1 is 1.00 bits per heavy atom. The number of tetrazole rings is 1. The number of benzene rings is 2. The molecule has 0 bridgehead atoms. The third kappa shape index (κ3) is 4.53. The first-order chi connectivity index (χ1) is 15.0. The van der Waals surface area contributed by atoms with Crippen LogP contribution in [0.25, 0.3) is 22.5 Å². The molecular formula is C24H25N7. The second-order valence-electron chi connectivity index (χ2n) is 8.34.